The van der Waals surface area contributed by atoms with Gasteiger partial charge in [0, 0.05) is 42.7 Å². The second-order valence-electron chi connectivity index (χ2n) is 9.96. The number of benzene rings is 1. The fraction of sp³-hybridized carbons (Fsp3) is 0.393. The molecular weight excluding hydrogens is 470 g/mol. The molecule has 1 saturated carbocycles. The number of amides is 2. The first-order valence-corrected chi connectivity index (χ1v) is 13.6. The van der Waals surface area contributed by atoms with Gasteiger partial charge in [0.15, 0.2) is 0 Å². The second kappa shape index (κ2) is 9.67. The second-order valence-corrected chi connectivity index (χ2v) is 11.0. The maximum atomic E-state index is 13.8. The quantitative estimate of drug-likeness (QED) is 0.584. The van der Waals surface area contributed by atoms with Gasteiger partial charge in [0.25, 0.3) is 11.8 Å². The number of hydrogen-bond acceptors (Lipinski definition) is 6. The summed E-state index contributed by atoms with van der Waals surface area (Å²) >= 11 is 1.53. The summed E-state index contributed by atoms with van der Waals surface area (Å²) in [5.41, 5.74) is 3.47. The van der Waals surface area contributed by atoms with E-state index in [0.29, 0.717) is 24.7 Å². The molecule has 3 aromatic rings. The molecule has 6 rings (SSSR count). The lowest BCUT2D eigenvalue weighted by Crippen LogP contribution is -2.34. The number of nitrogens with one attached hydrogen (secondary N) is 1. The zero-order chi connectivity index (χ0) is 24.6. The van der Waals surface area contributed by atoms with Crippen LogP contribution in [0.15, 0.2) is 48.5 Å². The smallest absolute Gasteiger partial charge is 0.276 e. The van der Waals surface area contributed by atoms with Crippen molar-refractivity contribution in [3.8, 4) is 10.4 Å². The Morgan fingerprint density at radius 3 is 2.72 bits per heavy atom. The molecule has 1 saturated heterocycles. The van der Waals surface area contributed by atoms with Gasteiger partial charge in [0.2, 0.25) is 0 Å². The van der Waals surface area contributed by atoms with E-state index in [0.717, 1.165) is 77.8 Å². The molecule has 0 radical (unpaired) electrons. The molecule has 1 aliphatic carbocycles. The number of anilines is 2. The Labute approximate surface area is 215 Å². The number of thiophene rings is 1. The van der Waals surface area contributed by atoms with E-state index in [-0.39, 0.29) is 11.8 Å². The topological polar surface area (TPSA) is 68.8 Å². The number of rotatable bonds is 4. The van der Waals surface area contributed by atoms with E-state index in [4.69, 9.17) is 4.98 Å². The predicted octanol–water partition coefficient (Wildman–Crippen LogP) is 4.05. The Morgan fingerprint density at radius 2 is 1.86 bits per heavy atom. The molecule has 7 nitrogen and oxygen atoms in total. The van der Waals surface area contributed by atoms with Crippen LogP contribution < -0.4 is 15.1 Å². The first kappa shape index (κ1) is 23.2. The van der Waals surface area contributed by atoms with Gasteiger partial charge in [-0.15, -0.1) is 11.3 Å². The van der Waals surface area contributed by atoms with Crippen LogP contribution in [0.1, 0.15) is 45.0 Å². The molecule has 3 aliphatic rings. The molecule has 2 aliphatic heterocycles. The average Bonchev–Trinajstić information content (AvgIpc) is 3.68. The minimum Gasteiger partial charge on any atom is -0.355 e. The summed E-state index contributed by atoms with van der Waals surface area (Å²) in [6.45, 7) is 4.46. The molecule has 8 heteroatoms. The molecule has 36 heavy (non-hydrogen) atoms. The highest BCUT2D eigenvalue weighted by molar-refractivity contribution is 7.17. The molecule has 2 aromatic heterocycles. The highest BCUT2D eigenvalue weighted by Crippen LogP contribution is 2.42. The zero-order valence-electron chi connectivity index (χ0n) is 20.6. The Morgan fingerprint density at radius 1 is 1.00 bits per heavy atom. The third-order valence-electron chi connectivity index (χ3n) is 7.23. The highest BCUT2D eigenvalue weighted by Gasteiger charge is 2.30. The molecule has 4 heterocycles. The van der Waals surface area contributed by atoms with Gasteiger partial charge in [0.1, 0.15) is 11.5 Å². The van der Waals surface area contributed by atoms with Gasteiger partial charge in [-0.3, -0.25) is 9.59 Å². The fourth-order valence-corrected chi connectivity index (χ4v) is 6.18. The summed E-state index contributed by atoms with van der Waals surface area (Å²) in [7, 11) is 2.15. The Hall–Kier alpha value is -3.23. The first-order chi connectivity index (χ1) is 17.6. The summed E-state index contributed by atoms with van der Waals surface area (Å²) in [5, 5.41) is 3.10. The molecule has 1 N–H and O–H groups in total. The number of carbonyl (C=O) groups excluding carboxylic acids is 2. The van der Waals surface area contributed by atoms with Crippen molar-refractivity contribution in [2.45, 2.75) is 31.7 Å². The van der Waals surface area contributed by atoms with Crippen LogP contribution in [-0.2, 0) is 6.42 Å². The zero-order valence-corrected chi connectivity index (χ0v) is 21.4. The van der Waals surface area contributed by atoms with E-state index in [1.165, 1.54) is 11.3 Å². The normalized spacial score (nSPS) is 18.1. The number of hydrogen-bond donors (Lipinski definition) is 1. The molecular formula is C28H31N5O2S. The largest absolute Gasteiger partial charge is 0.355 e. The van der Waals surface area contributed by atoms with Gasteiger partial charge in [-0.05, 0) is 69.1 Å². The Kier molecular flexibility index (Phi) is 6.23. The summed E-state index contributed by atoms with van der Waals surface area (Å²) < 4.78 is 0. The third-order valence-corrected chi connectivity index (χ3v) is 8.44. The van der Waals surface area contributed by atoms with E-state index in [2.05, 4.69) is 28.2 Å². The highest BCUT2D eigenvalue weighted by atomic mass is 32.1. The molecule has 0 spiro atoms. The summed E-state index contributed by atoms with van der Waals surface area (Å²) in [4.78, 5) is 39.6. The van der Waals surface area contributed by atoms with Crippen LogP contribution >= 0.6 is 11.3 Å². The first-order valence-electron chi connectivity index (χ1n) is 12.8. The van der Waals surface area contributed by atoms with E-state index >= 15 is 0 Å². The standard InChI is InChI=1S/C28H31N5O2S/c1-31-13-5-14-32(17-16-31)25-9-4-7-22(30-25)28(35)33-15-12-19-18-24(27(34)29-20-10-11-20)36-26(19)21-6-2-3-8-23(21)33/h2-4,6-9,18,20H,5,10-17H2,1H3,(H,29,34). The van der Waals surface area contributed by atoms with Crippen LogP contribution in [0, 0.1) is 0 Å². The van der Waals surface area contributed by atoms with Crippen LogP contribution in [0.2, 0.25) is 0 Å². The molecule has 0 unspecified atom stereocenters. The average molecular weight is 502 g/mol. The lowest BCUT2D eigenvalue weighted by Gasteiger charge is -2.25. The third kappa shape index (κ3) is 4.63. The molecule has 1 aromatic carbocycles. The molecule has 186 valence electrons. The molecule has 2 fully saturated rings. The molecule has 0 bridgehead atoms. The minimum absolute atomic E-state index is 0.0155. The number of fused-ring (bicyclic) bond motifs is 3. The van der Waals surface area contributed by atoms with Crippen molar-refractivity contribution in [3.05, 3.63) is 64.7 Å². The van der Waals surface area contributed by atoms with Crippen LogP contribution in [0.4, 0.5) is 11.5 Å². The summed E-state index contributed by atoms with van der Waals surface area (Å²) in [6, 6.07) is 16.1. The van der Waals surface area contributed by atoms with E-state index in [9.17, 15) is 9.59 Å². The Balaban J connectivity index is 1.28. The van der Waals surface area contributed by atoms with Crippen molar-refractivity contribution in [2.75, 3.05) is 49.6 Å². The van der Waals surface area contributed by atoms with Gasteiger partial charge in [-0.1, -0.05) is 24.3 Å². The number of para-hydroxylation sites is 1. The van der Waals surface area contributed by atoms with Gasteiger partial charge < -0.3 is 20.0 Å². The lowest BCUT2D eigenvalue weighted by molar-refractivity contribution is 0.0952. The Bertz CT molecular complexity index is 1300. The minimum atomic E-state index is -0.0851. The van der Waals surface area contributed by atoms with Crippen LogP contribution in [-0.4, -0.2) is 67.5 Å². The molecule has 2 amide bonds. The van der Waals surface area contributed by atoms with Crippen LogP contribution in [0.3, 0.4) is 0 Å². The SMILES string of the molecule is CN1CCCN(c2cccc(C(=O)N3CCc4cc(C(=O)NC5CC5)sc4-c4ccccc43)n2)CC1. The maximum absolute atomic E-state index is 13.8. The van der Waals surface area contributed by atoms with E-state index in [1.54, 1.807) is 0 Å². The summed E-state index contributed by atoms with van der Waals surface area (Å²) in [5.74, 6) is 0.796. The van der Waals surface area contributed by atoms with Gasteiger partial charge in [0.05, 0.1) is 10.6 Å². The number of pyridine rings is 1. The van der Waals surface area contributed by atoms with E-state index < -0.39 is 0 Å². The van der Waals surface area contributed by atoms with Gasteiger partial charge in [-0.2, -0.15) is 0 Å². The van der Waals surface area contributed by atoms with E-state index in [1.807, 2.05) is 47.4 Å². The van der Waals surface area contributed by atoms with Crippen molar-refractivity contribution in [3.63, 3.8) is 0 Å². The van der Waals surface area contributed by atoms with Crippen molar-refractivity contribution in [1.82, 2.24) is 15.2 Å². The van der Waals surface area contributed by atoms with Crippen molar-refractivity contribution in [2.24, 2.45) is 0 Å². The number of aromatic nitrogens is 1. The van der Waals surface area contributed by atoms with Crippen molar-refractivity contribution < 1.29 is 9.59 Å². The predicted molar refractivity (Wildman–Crippen MR) is 144 cm³/mol. The summed E-state index contributed by atoms with van der Waals surface area (Å²) in [6.07, 6.45) is 3.92. The number of carbonyl (C=O) groups is 2. The van der Waals surface area contributed by atoms with Gasteiger partial charge in [-0.25, -0.2) is 4.98 Å². The van der Waals surface area contributed by atoms with Crippen LogP contribution in [0.5, 0.6) is 0 Å². The fourth-order valence-electron chi connectivity index (χ4n) is 5.04. The van der Waals surface area contributed by atoms with Crippen LogP contribution in [0.25, 0.3) is 10.4 Å². The molecule has 0 atom stereocenters. The van der Waals surface area contributed by atoms with Gasteiger partial charge >= 0.3 is 0 Å². The van der Waals surface area contributed by atoms with Crippen molar-refractivity contribution in [1.29, 1.82) is 0 Å². The number of likely N-dealkylation sites (N-methyl/N-ethyl adjacent to an activating group) is 1. The number of nitrogens with zero attached hydrogens (tertiary/aromatic N) is 4. The van der Waals surface area contributed by atoms with Crippen molar-refractivity contribution >= 4 is 34.7 Å². The monoisotopic (exact) mass is 501 g/mol. The lowest BCUT2D eigenvalue weighted by atomic mass is 10.1. The maximum Gasteiger partial charge on any atom is 0.276 e.